The quantitative estimate of drug-likeness (QED) is 0.807. The standard InChI is InChI=1S/C16H19ClN2O3S2/c1-3-15(20)18-16-6-11-8-19(9-14(11)23-16)24(21,22)12-5-4-10(2)13(17)7-12/h3-5,7,11,14,16H,1,6,8-9H2,2H3,(H,18,20). The first kappa shape index (κ1) is 17.8. The fraction of sp³-hybridized carbons (Fsp3) is 0.438. The third-order valence-corrected chi connectivity index (χ3v) is 8.23. The molecule has 130 valence electrons. The number of amides is 1. The van der Waals surface area contributed by atoms with Crippen LogP contribution in [0.1, 0.15) is 12.0 Å². The van der Waals surface area contributed by atoms with Crippen LogP contribution in [0.4, 0.5) is 0 Å². The monoisotopic (exact) mass is 386 g/mol. The van der Waals surface area contributed by atoms with Crippen molar-refractivity contribution in [3.8, 4) is 0 Å². The number of carbonyl (C=O) groups is 1. The van der Waals surface area contributed by atoms with Gasteiger partial charge >= 0.3 is 0 Å². The molecule has 2 fully saturated rings. The van der Waals surface area contributed by atoms with Gasteiger partial charge in [-0.15, -0.1) is 11.8 Å². The number of rotatable bonds is 4. The summed E-state index contributed by atoms with van der Waals surface area (Å²) in [5, 5.41) is 3.57. The fourth-order valence-corrected chi connectivity index (χ4v) is 6.65. The molecule has 3 rings (SSSR count). The summed E-state index contributed by atoms with van der Waals surface area (Å²) in [4.78, 5) is 11.6. The Balaban J connectivity index is 1.70. The summed E-state index contributed by atoms with van der Waals surface area (Å²) < 4.78 is 27.1. The minimum Gasteiger partial charge on any atom is -0.341 e. The van der Waals surface area contributed by atoms with Gasteiger partial charge in [-0.1, -0.05) is 24.2 Å². The van der Waals surface area contributed by atoms with Gasteiger partial charge in [0.25, 0.3) is 0 Å². The number of benzene rings is 1. The Morgan fingerprint density at radius 1 is 1.46 bits per heavy atom. The van der Waals surface area contributed by atoms with Crippen molar-refractivity contribution < 1.29 is 13.2 Å². The predicted octanol–water partition coefficient (Wildman–Crippen LogP) is 2.40. The van der Waals surface area contributed by atoms with Crippen LogP contribution in [0.15, 0.2) is 35.7 Å². The van der Waals surface area contributed by atoms with Gasteiger partial charge < -0.3 is 5.32 Å². The van der Waals surface area contributed by atoms with Gasteiger partial charge in [-0.2, -0.15) is 4.31 Å². The maximum atomic E-state index is 12.8. The number of hydrogen-bond acceptors (Lipinski definition) is 4. The predicted molar refractivity (Wildman–Crippen MR) is 96.6 cm³/mol. The molecule has 5 nitrogen and oxygen atoms in total. The molecule has 8 heteroatoms. The molecule has 3 unspecified atom stereocenters. The summed E-state index contributed by atoms with van der Waals surface area (Å²) in [6, 6.07) is 4.84. The van der Waals surface area contributed by atoms with Gasteiger partial charge in [0.15, 0.2) is 0 Å². The van der Waals surface area contributed by atoms with E-state index in [-0.39, 0.29) is 27.3 Å². The number of halogens is 1. The highest BCUT2D eigenvalue weighted by molar-refractivity contribution is 8.00. The summed E-state index contributed by atoms with van der Waals surface area (Å²) in [6.07, 6.45) is 2.03. The van der Waals surface area contributed by atoms with E-state index in [4.69, 9.17) is 11.6 Å². The number of carbonyl (C=O) groups excluding carboxylic acids is 1. The van der Waals surface area contributed by atoms with E-state index < -0.39 is 10.0 Å². The molecule has 1 N–H and O–H groups in total. The van der Waals surface area contributed by atoms with E-state index in [0.29, 0.717) is 18.1 Å². The second-order valence-electron chi connectivity index (χ2n) is 6.10. The molecule has 3 atom stereocenters. The number of hydrogen-bond donors (Lipinski definition) is 1. The molecule has 0 aliphatic carbocycles. The molecular formula is C16H19ClN2O3S2. The van der Waals surface area contributed by atoms with E-state index >= 15 is 0 Å². The van der Waals surface area contributed by atoms with E-state index in [2.05, 4.69) is 11.9 Å². The van der Waals surface area contributed by atoms with Gasteiger partial charge in [0.2, 0.25) is 15.9 Å². The third kappa shape index (κ3) is 3.35. The lowest BCUT2D eigenvalue weighted by Crippen LogP contribution is -2.33. The smallest absolute Gasteiger partial charge is 0.244 e. The zero-order valence-corrected chi connectivity index (χ0v) is 15.6. The number of fused-ring (bicyclic) bond motifs is 1. The van der Waals surface area contributed by atoms with Crippen LogP contribution < -0.4 is 5.32 Å². The summed E-state index contributed by atoms with van der Waals surface area (Å²) in [7, 11) is -3.53. The molecule has 1 aromatic carbocycles. The summed E-state index contributed by atoms with van der Waals surface area (Å²) >= 11 is 7.70. The molecule has 2 aliphatic rings. The lowest BCUT2D eigenvalue weighted by Gasteiger charge is -2.19. The summed E-state index contributed by atoms with van der Waals surface area (Å²) in [5.74, 6) is 0.0621. The van der Waals surface area contributed by atoms with Gasteiger partial charge in [-0.25, -0.2) is 8.42 Å². The van der Waals surface area contributed by atoms with E-state index in [0.717, 1.165) is 12.0 Å². The first-order valence-electron chi connectivity index (χ1n) is 7.66. The molecule has 0 bridgehead atoms. The van der Waals surface area contributed by atoms with Crippen LogP contribution in [0.2, 0.25) is 5.02 Å². The molecule has 0 spiro atoms. The number of nitrogens with one attached hydrogen (secondary N) is 1. The maximum absolute atomic E-state index is 12.8. The largest absolute Gasteiger partial charge is 0.341 e. The van der Waals surface area contributed by atoms with Crippen molar-refractivity contribution in [3.05, 3.63) is 41.4 Å². The Labute approximate surface area is 151 Å². The SMILES string of the molecule is C=CC(=O)NC1CC2CN(S(=O)(=O)c3ccc(C)c(Cl)c3)CC2S1. The van der Waals surface area contributed by atoms with Crippen LogP contribution in [-0.2, 0) is 14.8 Å². The number of thioether (sulfide) groups is 1. The Morgan fingerprint density at radius 3 is 2.83 bits per heavy atom. The molecule has 0 saturated carbocycles. The van der Waals surface area contributed by atoms with E-state index in [1.54, 1.807) is 23.9 Å². The fourth-order valence-electron chi connectivity index (χ4n) is 3.12. The first-order chi connectivity index (χ1) is 11.3. The Hall–Kier alpha value is -1.02. The zero-order chi connectivity index (χ0) is 17.5. The summed E-state index contributed by atoms with van der Waals surface area (Å²) in [6.45, 7) is 6.23. The van der Waals surface area contributed by atoms with Crippen molar-refractivity contribution >= 4 is 39.3 Å². The Kier molecular flexibility index (Phi) is 4.97. The maximum Gasteiger partial charge on any atom is 0.244 e. The molecule has 0 radical (unpaired) electrons. The second-order valence-corrected chi connectivity index (χ2v) is 9.90. The van der Waals surface area contributed by atoms with Crippen LogP contribution in [0.3, 0.4) is 0 Å². The average molecular weight is 387 g/mol. The Bertz CT molecular complexity index is 768. The van der Waals surface area contributed by atoms with Crippen molar-refractivity contribution in [2.45, 2.75) is 28.9 Å². The topological polar surface area (TPSA) is 66.5 Å². The van der Waals surface area contributed by atoms with Gasteiger partial charge in [0, 0.05) is 23.4 Å². The molecular weight excluding hydrogens is 368 g/mol. The highest BCUT2D eigenvalue weighted by Gasteiger charge is 2.45. The second kappa shape index (κ2) is 6.71. The van der Waals surface area contributed by atoms with Gasteiger partial charge in [0.1, 0.15) is 0 Å². The minimum atomic E-state index is -3.53. The number of nitrogens with zero attached hydrogens (tertiary/aromatic N) is 1. The minimum absolute atomic E-state index is 0.0316. The van der Waals surface area contributed by atoms with E-state index in [1.165, 1.54) is 16.4 Å². The van der Waals surface area contributed by atoms with Gasteiger partial charge in [-0.05, 0) is 43.0 Å². The van der Waals surface area contributed by atoms with Crippen molar-refractivity contribution in [2.24, 2.45) is 5.92 Å². The normalized spacial score (nSPS) is 27.0. The third-order valence-electron chi connectivity index (χ3n) is 4.47. The van der Waals surface area contributed by atoms with Crippen LogP contribution in [-0.4, -0.2) is 42.3 Å². The number of sulfonamides is 1. The molecule has 0 aromatic heterocycles. The van der Waals surface area contributed by atoms with Crippen LogP contribution in [0.5, 0.6) is 0 Å². The first-order valence-corrected chi connectivity index (χ1v) is 10.4. The highest BCUT2D eigenvalue weighted by atomic mass is 35.5. The highest BCUT2D eigenvalue weighted by Crippen LogP contribution is 2.43. The van der Waals surface area contributed by atoms with Crippen molar-refractivity contribution in [3.63, 3.8) is 0 Å². The molecule has 1 aromatic rings. The molecule has 24 heavy (non-hydrogen) atoms. The van der Waals surface area contributed by atoms with Gasteiger partial charge in [0.05, 0.1) is 10.3 Å². The van der Waals surface area contributed by atoms with Gasteiger partial charge in [-0.3, -0.25) is 4.79 Å². The molecule has 2 aliphatic heterocycles. The van der Waals surface area contributed by atoms with Crippen molar-refractivity contribution in [1.29, 1.82) is 0 Å². The Morgan fingerprint density at radius 2 is 2.21 bits per heavy atom. The zero-order valence-electron chi connectivity index (χ0n) is 13.2. The molecule has 2 saturated heterocycles. The summed E-state index contributed by atoms with van der Waals surface area (Å²) in [5.41, 5.74) is 0.852. The van der Waals surface area contributed by atoms with E-state index in [1.807, 2.05) is 6.92 Å². The average Bonchev–Trinajstić information content (AvgIpc) is 3.08. The van der Waals surface area contributed by atoms with Crippen LogP contribution in [0, 0.1) is 12.8 Å². The molecule has 2 heterocycles. The van der Waals surface area contributed by atoms with Crippen LogP contribution >= 0.6 is 23.4 Å². The lowest BCUT2D eigenvalue weighted by atomic mass is 10.1. The van der Waals surface area contributed by atoms with E-state index in [9.17, 15) is 13.2 Å². The van der Waals surface area contributed by atoms with Crippen molar-refractivity contribution in [2.75, 3.05) is 13.1 Å². The van der Waals surface area contributed by atoms with Crippen LogP contribution in [0.25, 0.3) is 0 Å². The lowest BCUT2D eigenvalue weighted by molar-refractivity contribution is -0.116. The number of aryl methyl sites for hydroxylation is 1. The van der Waals surface area contributed by atoms with Crippen molar-refractivity contribution in [1.82, 2.24) is 9.62 Å². The molecule has 1 amide bonds.